The van der Waals surface area contributed by atoms with Crippen LogP contribution in [0.3, 0.4) is 0 Å². The van der Waals surface area contributed by atoms with E-state index in [4.69, 9.17) is 16.3 Å². The lowest BCUT2D eigenvalue weighted by Gasteiger charge is -2.23. The third kappa shape index (κ3) is 2.90. The van der Waals surface area contributed by atoms with Gasteiger partial charge in [-0.15, -0.1) is 0 Å². The molecule has 0 aliphatic carbocycles. The summed E-state index contributed by atoms with van der Waals surface area (Å²) in [5.74, 6) is -0.898. The van der Waals surface area contributed by atoms with Crippen molar-refractivity contribution in [3.63, 3.8) is 0 Å². The van der Waals surface area contributed by atoms with Gasteiger partial charge in [0, 0.05) is 11.6 Å². The summed E-state index contributed by atoms with van der Waals surface area (Å²) in [5.41, 5.74) is 0.682. The van der Waals surface area contributed by atoms with Crippen LogP contribution in [0.25, 0.3) is 0 Å². The summed E-state index contributed by atoms with van der Waals surface area (Å²) in [6.45, 7) is 0.606. The molecule has 1 aromatic carbocycles. The van der Waals surface area contributed by atoms with E-state index in [0.717, 1.165) is 12.8 Å². The molecular formula is C14H14ClNO2. The van der Waals surface area contributed by atoms with Crippen molar-refractivity contribution in [2.24, 2.45) is 0 Å². The predicted octanol–water partition coefficient (Wildman–Crippen LogP) is 3.09. The molecular weight excluding hydrogens is 250 g/mol. The number of hydrogen-bond acceptors (Lipinski definition) is 3. The molecule has 1 aliphatic heterocycles. The molecule has 1 aromatic rings. The van der Waals surface area contributed by atoms with Crippen molar-refractivity contribution >= 4 is 17.4 Å². The number of Topliss-reactive ketones (excluding diaryl/α,β-unsaturated/α-hetero) is 1. The van der Waals surface area contributed by atoms with Gasteiger partial charge in [-0.05, 0) is 37.0 Å². The van der Waals surface area contributed by atoms with E-state index in [1.165, 1.54) is 0 Å². The summed E-state index contributed by atoms with van der Waals surface area (Å²) in [7, 11) is 0. The first-order chi connectivity index (χ1) is 8.72. The van der Waals surface area contributed by atoms with Crippen LogP contribution in [0, 0.1) is 11.3 Å². The van der Waals surface area contributed by atoms with Crippen molar-refractivity contribution < 1.29 is 9.53 Å². The molecule has 2 unspecified atom stereocenters. The molecule has 18 heavy (non-hydrogen) atoms. The van der Waals surface area contributed by atoms with Gasteiger partial charge < -0.3 is 4.74 Å². The molecule has 4 heteroatoms. The molecule has 0 aromatic heterocycles. The number of nitrogens with zero attached hydrogens (tertiary/aromatic N) is 1. The molecule has 2 atom stereocenters. The van der Waals surface area contributed by atoms with E-state index >= 15 is 0 Å². The number of benzene rings is 1. The zero-order chi connectivity index (χ0) is 13.0. The second-order valence-electron chi connectivity index (χ2n) is 4.37. The molecule has 3 nitrogen and oxygen atoms in total. The number of carbonyl (C=O) groups excluding carboxylic acids is 1. The van der Waals surface area contributed by atoms with Crippen LogP contribution in [0.4, 0.5) is 0 Å². The smallest absolute Gasteiger partial charge is 0.183 e. The zero-order valence-electron chi connectivity index (χ0n) is 9.93. The second-order valence-corrected chi connectivity index (χ2v) is 4.81. The molecule has 1 fully saturated rings. The third-order valence-corrected chi connectivity index (χ3v) is 3.37. The molecule has 2 rings (SSSR count). The van der Waals surface area contributed by atoms with Gasteiger partial charge in [-0.2, -0.15) is 5.26 Å². The fourth-order valence-electron chi connectivity index (χ4n) is 2.11. The lowest BCUT2D eigenvalue weighted by Crippen LogP contribution is -2.32. The van der Waals surface area contributed by atoms with Crippen molar-refractivity contribution in [2.45, 2.75) is 31.3 Å². The first-order valence-corrected chi connectivity index (χ1v) is 6.40. The van der Waals surface area contributed by atoms with Gasteiger partial charge in [0.1, 0.15) is 12.0 Å². The Balaban J connectivity index is 2.15. The van der Waals surface area contributed by atoms with Gasteiger partial charge in [-0.1, -0.05) is 23.7 Å². The number of carbonyl (C=O) groups is 1. The van der Waals surface area contributed by atoms with E-state index in [9.17, 15) is 10.1 Å². The molecule has 0 saturated carbocycles. The predicted molar refractivity (Wildman–Crippen MR) is 68.4 cm³/mol. The Kier molecular flexibility index (Phi) is 4.35. The van der Waals surface area contributed by atoms with Gasteiger partial charge in [-0.3, -0.25) is 4.79 Å². The standard InChI is InChI=1S/C14H14ClNO2/c15-11-6-4-10(5-7-11)12(9-16)14(17)13-3-1-2-8-18-13/h4-7,12-13H,1-3,8H2. The molecule has 1 saturated heterocycles. The third-order valence-electron chi connectivity index (χ3n) is 3.11. The van der Waals surface area contributed by atoms with Gasteiger partial charge in [0.2, 0.25) is 0 Å². The fraction of sp³-hybridized carbons (Fsp3) is 0.429. The Bertz CT molecular complexity index is 458. The van der Waals surface area contributed by atoms with Crippen LogP contribution in [0.2, 0.25) is 5.02 Å². The summed E-state index contributed by atoms with van der Waals surface area (Å²) in [4.78, 5) is 12.2. The van der Waals surface area contributed by atoms with E-state index in [2.05, 4.69) is 6.07 Å². The van der Waals surface area contributed by atoms with E-state index in [0.29, 0.717) is 23.6 Å². The Labute approximate surface area is 111 Å². The molecule has 1 aliphatic rings. The van der Waals surface area contributed by atoms with E-state index in [1.807, 2.05) is 0 Å². The molecule has 0 spiro atoms. The highest BCUT2D eigenvalue weighted by molar-refractivity contribution is 6.30. The fourth-order valence-corrected chi connectivity index (χ4v) is 2.23. The summed E-state index contributed by atoms with van der Waals surface area (Å²) in [5, 5.41) is 9.78. The van der Waals surface area contributed by atoms with Crippen LogP contribution in [0.1, 0.15) is 30.7 Å². The topological polar surface area (TPSA) is 50.1 Å². The van der Waals surface area contributed by atoms with Crippen LogP contribution in [-0.2, 0) is 9.53 Å². The number of halogens is 1. The Hall–Kier alpha value is -1.37. The highest BCUT2D eigenvalue weighted by Crippen LogP contribution is 2.24. The van der Waals surface area contributed by atoms with Gasteiger partial charge in [0.25, 0.3) is 0 Å². The van der Waals surface area contributed by atoms with Crippen molar-refractivity contribution in [1.29, 1.82) is 5.26 Å². The number of hydrogen-bond donors (Lipinski definition) is 0. The average Bonchev–Trinajstić information content (AvgIpc) is 2.42. The SMILES string of the molecule is N#CC(C(=O)C1CCCCO1)c1ccc(Cl)cc1. The Morgan fingerprint density at radius 1 is 1.39 bits per heavy atom. The van der Waals surface area contributed by atoms with Crippen molar-refractivity contribution in [1.82, 2.24) is 0 Å². The van der Waals surface area contributed by atoms with Gasteiger partial charge in [-0.25, -0.2) is 0 Å². The lowest BCUT2D eigenvalue weighted by atomic mass is 9.90. The van der Waals surface area contributed by atoms with Crippen LogP contribution >= 0.6 is 11.6 Å². The molecule has 94 valence electrons. The Morgan fingerprint density at radius 3 is 2.67 bits per heavy atom. The molecule has 0 amide bonds. The highest BCUT2D eigenvalue weighted by atomic mass is 35.5. The number of ketones is 1. The van der Waals surface area contributed by atoms with Crippen LogP contribution < -0.4 is 0 Å². The summed E-state index contributed by atoms with van der Waals surface area (Å²) >= 11 is 5.80. The maximum absolute atomic E-state index is 12.2. The van der Waals surface area contributed by atoms with Crippen LogP contribution in [0.15, 0.2) is 24.3 Å². The van der Waals surface area contributed by atoms with Crippen molar-refractivity contribution in [3.8, 4) is 6.07 Å². The summed E-state index contributed by atoms with van der Waals surface area (Å²) in [6, 6.07) is 8.88. The molecule has 1 heterocycles. The van der Waals surface area contributed by atoms with Gasteiger partial charge >= 0.3 is 0 Å². The average molecular weight is 264 g/mol. The minimum Gasteiger partial charge on any atom is -0.370 e. The van der Waals surface area contributed by atoms with E-state index < -0.39 is 12.0 Å². The largest absolute Gasteiger partial charge is 0.370 e. The van der Waals surface area contributed by atoms with Crippen LogP contribution in [0.5, 0.6) is 0 Å². The quantitative estimate of drug-likeness (QED) is 0.842. The maximum atomic E-state index is 12.2. The van der Waals surface area contributed by atoms with E-state index in [1.54, 1.807) is 24.3 Å². The van der Waals surface area contributed by atoms with Crippen molar-refractivity contribution in [2.75, 3.05) is 6.61 Å². The number of rotatable bonds is 3. The number of ether oxygens (including phenoxy) is 1. The van der Waals surface area contributed by atoms with Crippen molar-refractivity contribution in [3.05, 3.63) is 34.9 Å². The normalized spacial score (nSPS) is 21.0. The first-order valence-electron chi connectivity index (χ1n) is 6.03. The first kappa shape index (κ1) is 13.1. The Morgan fingerprint density at radius 2 is 2.11 bits per heavy atom. The number of nitriles is 1. The monoisotopic (exact) mass is 263 g/mol. The lowest BCUT2D eigenvalue weighted by molar-refractivity contribution is -0.133. The minimum atomic E-state index is -0.759. The summed E-state index contributed by atoms with van der Waals surface area (Å²) < 4.78 is 5.44. The zero-order valence-corrected chi connectivity index (χ0v) is 10.7. The van der Waals surface area contributed by atoms with E-state index in [-0.39, 0.29) is 5.78 Å². The second kappa shape index (κ2) is 5.99. The van der Waals surface area contributed by atoms with Gasteiger partial charge in [0.15, 0.2) is 5.78 Å². The molecule has 0 N–H and O–H groups in total. The molecule has 0 radical (unpaired) electrons. The van der Waals surface area contributed by atoms with Crippen LogP contribution in [-0.4, -0.2) is 18.5 Å². The summed E-state index contributed by atoms with van der Waals surface area (Å²) in [6.07, 6.45) is 2.25. The molecule has 0 bridgehead atoms. The minimum absolute atomic E-state index is 0.139. The maximum Gasteiger partial charge on any atom is 0.183 e. The van der Waals surface area contributed by atoms with Gasteiger partial charge in [0.05, 0.1) is 6.07 Å². The highest BCUT2D eigenvalue weighted by Gasteiger charge is 2.30.